The molecular weight excluding hydrogens is 170 g/mol. The standard InChI is InChI=1S/C9H17NO3/c1-4-10-8(5-7(2)3)9(12)13-6-11/h6-8,10H,4-5H2,1-3H3/t8-/m0/s1. The highest BCUT2D eigenvalue weighted by Crippen LogP contribution is 2.05. The summed E-state index contributed by atoms with van der Waals surface area (Å²) in [5.74, 6) is -0.103. The molecule has 0 aromatic carbocycles. The molecule has 0 unspecified atom stereocenters. The normalized spacial score (nSPS) is 12.6. The van der Waals surface area contributed by atoms with Crippen molar-refractivity contribution in [3.8, 4) is 0 Å². The van der Waals surface area contributed by atoms with E-state index in [1.54, 1.807) is 0 Å². The lowest BCUT2D eigenvalue weighted by molar-refractivity contribution is -0.153. The van der Waals surface area contributed by atoms with Gasteiger partial charge in [0.1, 0.15) is 6.04 Å². The molecular formula is C9H17NO3. The molecule has 0 radical (unpaired) electrons. The number of rotatable bonds is 6. The van der Waals surface area contributed by atoms with Crippen molar-refractivity contribution in [1.82, 2.24) is 5.32 Å². The summed E-state index contributed by atoms with van der Waals surface area (Å²) < 4.78 is 4.28. The predicted molar refractivity (Wildman–Crippen MR) is 49.1 cm³/mol. The number of hydrogen-bond acceptors (Lipinski definition) is 4. The van der Waals surface area contributed by atoms with E-state index in [0.717, 1.165) is 0 Å². The van der Waals surface area contributed by atoms with Gasteiger partial charge in [0.2, 0.25) is 0 Å². The Balaban J connectivity index is 4.05. The molecule has 0 aliphatic rings. The molecule has 1 atom stereocenters. The lowest BCUT2D eigenvalue weighted by atomic mass is 10.0. The van der Waals surface area contributed by atoms with E-state index in [0.29, 0.717) is 18.9 Å². The molecule has 0 rings (SSSR count). The lowest BCUT2D eigenvalue weighted by Gasteiger charge is -2.16. The Bertz CT molecular complexity index is 168. The Morgan fingerprint density at radius 2 is 2.15 bits per heavy atom. The van der Waals surface area contributed by atoms with Crippen LogP contribution in [-0.2, 0) is 14.3 Å². The summed E-state index contributed by atoms with van der Waals surface area (Å²) in [5, 5.41) is 2.97. The maximum atomic E-state index is 11.2. The van der Waals surface area contributed by atoms with Crippen molar-refractivity contribution in [1.29, 1.82) is 0 Å². The van der Waals surface area contributed by atoms with Gasteiger partial charge in [-0.25, -0.2) is 4.79 Å². The van der Waals surface area contributed by atoms with E-state index in [4.69, 9.17) is 0 Å². The minimum Gasteiger partial charge on any atom is -0.394 e. The van der Waals surface area contributed by atoms with Crippen LogP contribution in [0.2, 0.25) is 0 Å². The Morgan fingerprint density at radius 3 is 2.54 bits per heavy atom. The summed E-state index contributed by atoms with van der Waals surface area (Å²) in [7, 11) is 0. The topological polar surface area (TPSA) is 55.4 Å². The van der Waals surface area contributed by atoms with Gasteiger partial charge in [-0.15, -0.1) is 0 Å². The molecule has 0 aromatic rings. The van der Waals surface area contributed by atoms with Gasteiger partial charge in [-0.3, -0.25) is 4.79 Å². The van der Waals surface area contributed by atoms with Crippen LogP contribution >= 0.6 is 0 Å². The van der Waals surface area contributed by atoms with Crippen molar-refractivity contribution in [3.05, 3.63) is 0 Å². The van der Waals surface area contributed by atoms with Crippen LogP contribution in [0.4, 0.5) is 0 Å². The van der Waals surface area contributed by atoms with Crippen LogP contribution < -0.4 is 5.32 Å². The second-order valence-electron chi connectivity index (χ2n) is 3.27. The largest absolute Gasteiger partial charge is 0.394 e. The van der Waals surface area contributed by atoms with E-state index in [1.165, 1.54) is 0 Å². The molecule has 4 nitrogen and oxygen atoms in total. The van der Waals surface area contributed by atoms with E-state index in [-0.39, 0.29) is 12.5 Å². The van der Waals surface area contributed by atoms with Crippen LogP contribution in [0.1, 0.15) is 27.2 Å². The Kier molecular flexibility index (Phi) is 6.14. The predicted octanol–water partition coefficient (Wildman–Crippen LogP) is 0.710. The van der Waals surface area contributed by atoms with Gasteiger partial charge in [0, 0.05) is 0 Å². The summed E-state index contributed by atoms with van der Waals surface area (Å²) in [5.41, 5.74) is 0. The highest BCUT2D eigenvalue weighted by molar-refractivity contribution is 5.81. The summed E-state index contributed by atoms with van der Waals surface area (Å²) in [6, 6.07) is -0.366. The van der Waals surface area contributed by atoms with Gasteiger partial charge >= 0.3 is 12.4 Å². The third-order valence-electron chi connectivity index (χ3n) is 1.61. The van der Waals surface area contributed by atoms with Gasteiger partial charge in [-0.2, -0.15) is 0 Å². The summed E-state index contributed by atoms with van der Waals surface area (Å²) in [4.78, 5) is 21.1. The number of nitrogens with one attached hydrogen (secondary N) is 1. The highest BCUT2D eigenvalue weighted by Gasteiger charge is 2.19. The first-order valence-corrected chi connectivity index (χ1v) is 4.49. The molecule has 0 bridgehead atoms. The van der Waals surface area contributed by atoms with Crippen LogP contribution in [0, 0.1) is 5.92 Å². The minimum absolute atomic E-state index is 0.174. The van der Waals surface area contributed by atoms with Gasteiger partial charge < -0.3 is 10.1 Å². The molecule has 0 saturated heterocycles. The van der Waals surface area contributed by atoms with Crippen LogP contribution in [-0.4, -0.2) is 25.0 Å². The smallest absolute Gasteiger partial charge is 0.330 e. The van der Waals surface area contributed by atoms with Gasteiger partial charge in [0.25, 0.3) is 0 Å². The molecule has 13 heavy (non-hydrogen) atoms. The van der Waals surface area contributed by atoms with E-state index >= 15 is 0 Å². The molecule has 0 spiro atoms. The number of hydrogen-bond donors (Lipinski definition) is 1. The zero-order chi connectivity index (χ0) is 10.3. The van der Waals surface area contributed by atoms with Gasteiger partial charge in [0.15, 0.2) is 0 Å². The van der Waals surface area contributed by atoms with Crippen LogP contribution in [0.15, 0.2) is 0 Å². The van der Waals surface area contributed by atoms with Crippen molar-refractivity contribution >= 4 is 12.4 Å². The molecule has 0 fully saturated rings. The van der Waals surface area contributed by atoms with Gasteiger partial charge in [0.05, 0.1) is 0 Å². The van der Waals surface area contributed by atoms with Crippen LogP contribution in [0.25, 0.3) is 0 Å². The van der Waals surface area contributed by atoms with Crippen LogP contribution in [0.3, 0.4) is 0 Å². The number of ether oxygens (including phenoxy) is 1. The fraction of sp³-hybridized carbons (Fsp3) is 0.778. The third kappa shape index (κ3) is 5.36. The maximum absolute atomic E-state index is 11.2. The zero-order valence-electron chi connectivity index (χ0n) is 8.37. The Morgan fingerprint density at radius 1 is 1.54 bits per heavy atom. The zero-order valence-corrected chi connectivity index (χ0v) is 8.37. The molecule has 0 heterocycles. The number of carbonyl (C=O) groups excluding carboxylic acids is 2. The van der Waals surface area contributed by atoms with Crippen molar-refractivity contribution < 1.29 is 14.3 Å². The van der Waals surface area contributed by atoms with Crippen molar-refractivity contribution in [2.75, 3.05) is 6.54 Å². The fourth-order valence-corrected chi connectivity index (χ4v) is 1.11. The van der Waals surface area contributed by atoms with Crippen molar-refractivity contribution in [2.24, 2.45) is 5.92 Å². The second-order valence-corrected chi connectivity index (χ2v) is 3.27. The SMILES string of the molecule is CCN[C@@H](CC(C)C)C(=O)OC=O. The van der Waals surface area contributed by atoms with Crippen LogP contribution in [0.5, 0.6) is 0 Å². The first-order chi connectivity index (χ1) is 6.11. The molecule has 0 saturated carbocycles. The van der Waals surface area contributed by atoms with E-state index in [1.807, 2.05) is 20.8 Å². The van der Waals surface area contributed by atoms with E-state index < -0.39 is 5.97 Å². The van der Waals surface area contributed by atoms with Crippen molar-refractivity contribution in [3.63, 3.8) is 0 Å². The summed E-state index contributed by atoms with van der Waals surface area (Å²) in [6.45, 7) is 6.79. The average Bonchev–Trinajstić information content (AvgIpc) is 2.03. The second kappa shape index (κ2) is 6.60. The summed E-state index contributed by atoms with van der Waals surface area (Å²) >= 11 is 0. The lowest BCUT2D eigenvalue weighted by Crippen LogP contribution is -2.38. The average molecular weight is 187 g/mol. The highest BCUT2D eigenvalue weighted by atomic mass is 16.6. The molecule has 0 aromatic heterocycles. The Labute approximate surface area is 78.6 Å². The molecule has 4 heteroatoms. The number of esters is 1. The Hall–Kier alpha value is -0.900. The molecule has 76 valence electrons. The number of carbonyl (C=O) groups is 2. The molecule has 0 amide bonds. The molecule has 1 N–H and O–H groups in total. The fourth-order valence-electron chi connectivity index (χ4n) is 1.11. The van der Waals surface area contributed by atoms with Gasteiger partial charge in [-0.1, -0.05) is 20.8 Å². The molecule has 0 aliphatic carbocycles. The first kappa shape index (κ1) is 12.1. The van der Waals surface area contributed by atoms with Gasteiger partial charge in [-0.05, 0) is 18.9 Å². The quantitative estimate of drug-likeness (QED) is 0.378. The molecule has 0 aliphatic heterocycles. The first-order valence-electron chi connectivity index (χ1n) is 4.49. The minimum atomic E-state index is -0.495. The maximum Gasteiger partial charge on any atom is 0.330 e. The van der Waals surface area contributed by atoms with E-state index in [9.17, 15) is 9.59 Å². The van der Waals surface area contributed by atoms with Crippen molar-refractivity contribution in [2.45, 2.75) is 33.2 Å². The van der Waals surface area contributed by atoms with E-state index in [2.05, 4.69) is 10.1 Å². The summed E-state index contributed by atoms with van der Waals surface area (Å²) in [6.07, 6.45) is 0.681. The third-order valence-corrected chi connectivity index (χ3v) is 1.61. The number of likely N-dealkylation sites (N-methyl/N-ethyl adjacent to an activating group) is 1. The monoisotopic (exact) mass is 187 g/mol.